The minimum Gasteiger partial charge on any atom is -0.327 e. The van der Waals surface area contributed by atoms with Crippen LogP contribution in [0.2, 0.25) is 0 Å². The SMILES string of the molecule is CC(N)CC(=O)N(C)c1csc2ccccc12. The first kappa shape index (κ1) is 12.1. The van der Waals surface area contributed by atoms with E-state index in [1.54, 1.807) is 23.3 Å². The Morgan fingerprint density at radius 2 is 2.18 bits per heavy atom. The number of carbonyl (C=O) groups is 1. The van der Waals surface area contributed by atoms with Crippen molar-refractivity contribution in [2.45, 2.75) is 19.4 Å². The Bertz CT molecular complexity index is 533. The molecule has 1 amide bonds. The van der Waals surface area contributed by atoms with Gasteiger partial charge >= 0.3 is 0 Å². The van der Waals surface area contributed by atoms with Crippen molar-refractivity contribution in [1.82, 2.24) is 0 Å². The zero-order chi connectivity index (χ0) is 12.4. The summed E-state index contributed by atoms with van der Waals surface area (Å²) in [6.45, 7) is 1.84. The van der Waals surface area contributed by atoms with Crippen LogP contribution in [0.15, 0.2) is 29.6 Å². The number of nitrogens with two attached hydrogens (primary N) is 1. The van der Waals surface area contributed by atoms with Crippen LogP contribution in [-0.4, -0.2) is 19.0 Å². The number of carbonyl (C=O) groups excluding carboxylic acids is 1. The molecule has 1 heterocycles. The molecule has 17 heavy (non-hydrogen) atoms. The quantitative estimate of drug-likeness (QED) is 0.907. The Kier molecular flexibility index (Phi) is 3.45. The van der Waals surface area contributed by atoms with E-state index in [0.717, 1.165) is 11.1 Å². The van der Waals surface area contributed by atoms with Gasteiger partial charge in [-0.05, 0) is 13.0 Å². The van der Waals surface area contributed by atoms with Crippen molar-refractivity contribution in [2.75, 3.05) is 11.9 Å². The molecule has 0 aliphatic heterocycles. The number of benzene rings is 1. The summed E-state index contributed by atoms with van der Waals surface area (Å²) < 4.78 is 1.20. The van der Waals surface area contributed by atoms with E-state index in [-0.39, 0.29) is 11.9 Å². The molecule has 0 spiro atoms. The normalized spacial score (nSPS) is 12.6. The molecule has 2 N–H and O–H groups in total. The summed E-state index contributed by atoms with van der Waals surface area (Å²) in [6.07, 6.45) is 0.376. The van der Waals surface area contributed by atoms with Crippen LogP contribution in [0.4, 0.5) is 5.69 Å². The van der Waals surface area contributed by atoms with Crippen LogP contribution in [0.25, 0.3) is 10.1 Å². The summed E-state index contributed by atoms with van der Waals surface area (Å²) in [5.74, 6) is 0.0588. The van der Waals surface area contributed by atoms with E-state index >= 15 is 0 Å². The molecule has 0 radical (unpaired) electrons. The predicted octanol–water partition coefficient (Wildman–Crippen LogP) is 2.60. The highest BCUT2D eigenvalue weighted by Crippen LogP contribution is 2.32. The van der Waals surface area contributed by atoms with Crippen LogP contribution in [0.1, 0.15) is 13.3 Å². The lowest BCUT2D eigenvalue weighted by atomic mass is 10.2. The van der Waals surface area contributed by atoms with E-state index in [1.165, 1.54) is 4.70 Å². The Morgan fingerprint density at radius 3 is 2.88 bits per heavy atom. The van der Waals surface area contributed by atoms with Gasteiger partial charge in [0.1, 0.15) is 0 Å². The van der Waals surface area contributed by atoms with Crippen molar-refractivity contribution in [3.05, 3.63) is 29.6 Å². The molecule has 0 fully saturated rings. The Morgan fingerprint density at radius 1 is 1.47 bits per heavy atom. The summed E-state index contributed by atoms with van der Waals surface area (Å²) in [6, 6.07) is 7.99. The van der Waals surface area contributed by atoms with Crippen molar-refractivity contribution in [2.24, 2.45) is 5.73 Å². The molecule has 1 atom stereocenters. The van der Waals surface area contributed by atoms with Gasteiger partial charge in [-0.2, -0.15) is 0 Å². The number of nitrogens with zero attached hydrogens (tertiary/aromatic N) is 1. The number of anilines is 1. The average molecular weight is 248 g/mol. The molecule has 0 saturated carbocycles. The predicted molar refractivity (Wildman–Crippen MR) is 73.5 cm³/mol. The fourth-order valence-corrected chi connectivity index (χ4v) is 2.75. The molecule has 1 unspecified atom stereocenters. The molecular weight excluding hydrogens is 232 g/mol. The van der Waals surface area contributed by atoms with Crippen molar-refractivity contribution in [1.29, 1.82) is 0 Å². The minimum atomic E-state index is -0.102. The van der Waals surface area contributed by atoms with Gasteiger partial charge in [0.15, 0.2) is 0 Å². The standard InChI is InChI=1S/C13H16N2OS/c1-9(14)7-13(16)15(2)11-8-17-12-6-4-3-5-10(11)12/h3-6,8-9H,7,14H2,1-2H3. The molecule has 3 nitrogen and oxygen atoms in total. The molecule has 1 aromatic carbocycles. The lowest BCUT2D eigenvalue weighted by Gasteiger charge is -2.17. The molecule has 2 rings (SSSR count). The van der Waals surface area contributed by atoms with E-state index in [1.807, 2.05) is 30.5 Å². The number of thiophene rings is 1. The number of hydrogen-bond acceptors (Lipinski definition) is 3. The van der Waals surface area contributed by atoms with Crippen LogP contribution in [0.5, 0.6) is 0 Å². The molecule has 4 heteroatoms. The summed E-state index contributed by atoms with van der Waals surface area (Å²) in [4.78, 5) is 13.6. The highest BCUT2D eigenvalue weighted by atomic mass is 32.1. The molecule has 1 aromatic heterocycles. The smallest absolute Gasteiger partial charge is 0.228 e. The number of rotatable bonds is 3. The number of amides is 1. The second-order valence-electron chi connectivity index (χ2n) is 4.25. The monoisotopic (exact) mass is 248 g/mol. The summed E-state index contributed by atoms with van der Waals surface area (Å²) in [5, 5.41) is 3.14. The van der Waals surface area contributed by atoms with Crippen LogP contribution in [-0.2, 0) is 4.79 Å². The minimum absolute atomic E-state index is 0.0588. The maximum absolute atomic E-state index is 11.9. The van der Waals surface area contributed by atoms with Crippen molar-refractivity contribution in [3.8, 4) is 0 Å². The lowest BCUT2D eigenvalue weighted by molar-refractivity contribution is -0.118. The van der Waals surface area contributed by atoms with E-state index in [0.29, 0.717) is 6.42 Å². The lowest BCUT2D eigenvalue weighted by Crippen LogP contribution is -2.31. The fraction of sp³-hybridized carbons (Fsp3) is 0.308. The zero-order valence-corrected chi connectivity index (χ0v) is 10.8. The molecule has 0 aliphatic rings. The highest BCUT2D eigenvalue weighted by molar-refractivity contribution is 7.17. The molecule has 0 saturated heterocycles. The second-order valence-corrected chi connectivity index (χ2v) is 5.16. The number of hydrogen-bond donors (Lipinski definition) is 1. The van der Waals surface area contributed by atoms with Gasteiger partial charge in [-0.25, -0.2) is 0 Å². The third-order valence-electron chi connectivity index (χ3n) is 2.69. The third kappa shape index (κ3) is 2.48. The first-order valence-corrected chi connectivity index (χ1v) is 6.46. The van der Waals surface area contributed by atoms with Crippen molar-refractivity contribution < 1.29 is 4.79 Å². The maximum atomic E-state index is 11.9. The second kappa shape index (κ2) is 4.85. The summed E-state index contributed by atoms with van der Waals surface area (Å²) >= 11 is 1.65. The first-order chi connectivity index (χ1) is 8.09. The van der Waals surface area contributed by atoms with Crippen molar-refractivity contribution in [3.63, 3.8) is 0 Å². The van der Waals surface area contributed by atoms with Gasteiger partial charge in [-0.1, -0.05) is 18.2 Å². The van der Waals surface area contributed by atoms with Crippen LogP contribution in [0, 0.1) is 0 Å². The van der Waals surface area contributed by atoms with Crippen LogP contribution in [0.3, 0.4) is 0 Å². The Hall–Kier alpha value is -1.39. The molecule has 2 aromatic rings. The third-order valence-corrected chi connectivity index (χ3v) is 3.64. The molecule has 0 aliphatic carbocycles. The van der Waals surface area contributed by atoms with Gasteiger partial charge in [0.05, 0.1) is 5.69 Å². The van der Waals surface area contributed by atoms with Gasteiger partial charge in [-0.3, -0.25) is 4.79 Å². The molecule has 0 bridgehead atoms. The van der Waals surface area contributed by atoms with E-state index < -0.39 is 0 Å². The van der Waals surface area contributed by atoms with Gasteiger partial charge in [0, 0.05) is 35.0 Å². The largest absolute Gasteiger partial charge is 0.327 e. The maximum Gasteiger partial charge on any atom is 0.228 e. The Balaban J connectivity index is 2.30. The van der Waals surface area contributed by atoms with Crippen LogP contribution < -0.4 is 10.6 Å². The van der Waals surface area contributed by atoms with E-state index in [9.17, 15) is 4.79 Å². The fourth-order valence-electron chi connectivity index (χ4n) is 1.77. The first-order valence-electron chi connectivity index (χ1n) is 5.58. The zero-order valence-electron chi connectivity index (χ0n) is 10.0. The highest BCUT2D eigenvalue weighted by Gasteiger charge is 2.15. The van der Waals surface area contributed by atoms with Gasteiger partial charge in [0.2, 0.25) is 5.91 Å². The van der Waals surface area contributed by atoms with Gasteiger partial charge in [0.25, 0.3) is 0 Å². The topological polar surface area (TPSA) is 46.3 Å². The summed E-state index contributed by atoms with van der Waals surface area (Å²) in [7, 11) is 1.80. The van der Waals surface area contributed by atoms with Gasteiger partial charge in [-0.15, -0.1) is 11.3 Å². The van der Waals surface area contributed by atoms with Crippen LogP contribution >= 0.6 is 11.3 Å². The number of fused-ring (bicyclic) bond motifs is 1. The molecular formula is C13H16N2OS. The Labute approximate surface area is 105 Å². The van der Waals surface area contributed by atoms with Crippen molar-refractivity contribution >= 4 is 33.0 Å². The van der Waals surface area contributed by atoms with Gasteiger partial charge < -0.3 is 10.6 Å². The van der Waals surface area contributed by atoms with E-state index in [2.05, 4.69) is 6.07 Å². The average Bonchev–Trinajstić information content (AvgIpc) is 2.70. The molecule has 90 valence electrons. The summed E-state index contributed by atoms with van der Waals surface area (Å²) in [5.41, 5.74) is 6.62. The van der Waals surface area contributed by atoms with E-state index in [4.69, 9.17) is 5.73 Å².